The van der Waals surface area contributed by atoms with Crippen molar-refractivity contribution in [1.29, 1.82) is 0 Å². The summed E-state index contributed by atoms with van der Waals surface area (Å²) in [6.45, 7) is -0.302. The first-order valence-electron chi connectivity index (χ1n) is 7.60. The van der Waals surface area contributed by atoms with Crippen molar-refractivity contribution in [1.82, 2.24) is 5.43 Å². The number of methoxy groups -OCH3 is 2. The van der Waals surface area contributed by atoms with Crippen molar-refractivity contribution in [2.45, 2.75) is 0 Å². The predicted molar refractivity (Wildman–Crippen MR) is 105 cm³/mol. The van der Waals surface area contributed by atoms with E-state index in [1.54, 1.807) is 36.4 Å². The van der Waals surface area contributed by atoms with E-state index in [9.17, 15) is 9.59 Å². The molecule has 0 aliphatic rings. The summed E-state index contributed by atoms with van der Waals surface area (Å²) >= 11 is 9.49. The van der Waals surface area contributed by atoms with Crippen LogP contribution in [-0.2, 0) is 9.53 Å². The topological polar surface area (TPSA) is 86.2 Å². The van der Waals surface area contributed by atoms with Gasteiger partial charge in [-0.05, 0) is 42.0 Å². The minimum Gasteiger partial charge on any atom is -0.493 e. The van der Waals surface area contributed by atoms with Crippen LogP contribution in [0, 0.1) is 0 Å². The van der Waals surface area contributed by atoms with Crippen molar-refractivity contribution in [3.63, 3.8) is 0 Å². The number of carbonyl (C=O) groups excluding carboxylic acids is 2. The van der Waals surface area contributed by atoms with Crippen molar-refractivity contribution in [3.8, 4) is 11.5 Å². The van der Waals surface area contributed by atoms with Gasteiger partial charge in [-0.25, -0.2) is 10.2 Å². The van der Waals surface area contributed by atoms with E-state index < -0.39 is 5.97 Å². The predicted octanol–water partition coefficient (Wildman–Crippen LogP) is 3.43. The van der Waals surface area contributed by atoms with Crippen molar-refractivity contribution in [2.24, 2.45) is 5.10 Å². The van der Waals surface area contributed by atoms with Gasteiger partial charge in [0, 0.05) is 10.0 Å². The number of rotatable bonds is 7. The second-order valence-electron chi connectivity index (χ2n) is 5.10. The number of hydrogen-bond acceptors (Lipinski definition) is 6. The number of carbonyl (C=O) groups is 2. The molecule has 0 bridgehead atoms. The Balaban J connectivity index is 2.08. The Bertz CT molecular complexity index is 856. The van der Waals surface area contributed by atoms with E-state index in [4.69, 9.17) is 21.1 Å². The summed E-state index contributed by atoms with van der Waals surface area (Å²) in [4.78, 5) is 23.2. The smallest absolute Gasteiger partial charge is 0.343 e. The summed E-state index contributed by atoms with van der Waals surface area (Å²) in [5.41, 5.74) is 3.46. The summed E-state index contributed by atoms with van der Waals surface area (Å²) in [6, 6.07) is 10.0. The first-order valence-corrected chi connectivity index (χ1v) is 8.77. The highest BCUT2D eigenvalue weighted by atomic mass is 79.9. The van der Waals surface area contributed by atoms with Gasteiger partial charge in [-0.2, -0.15) is 5.10 Å². The van der Waals surface area contributed by atoms with E-state index in [2.05, 4.69) is 31.2 Å². The number of ether oxygens (including phenoxy) is 3. The molecule has 9 heteroatoms. The van der Waals surface area contributed by atoms with Crippen LogP contribution in [-0.4, -0.2) is 38.9 Å². The molecule has 0 saturated heterocycles. The van der Waals surface area contributed by atoms with E-state index in [1.165, 1.54) is 20.4 Å². The van der Waals surface area contributed by atoms with E-state index in [-0.39, 0.29) is 23.3 Å². The number of amides is 1. The maximum atomic E-state index is 12.0. The zero-order valence-corrected chi connectivity index (χ0v) is 16.8. The Morgan fingerprint density at radius 1 is 1.22 bits per heavy atom. The Hall–Kier alpha value is -2.58. The van der Waals surface area contributed by atoms with Crippen molar-refractivity contribution in [3.05, 3.63) is 57.0 Å². The molecule has 0 heterocycles. The summed E-state index contributed by atoms with van der Waals surface area (Å²) in [7, 11) is 2.69. The Morgan fingerprint density at radius 2 is 1.93 bits per heavy atom. The molecule has 2 aromatic rings. The van der Waals surface area contributed by atoms with Gasteiger partial charge in [0.2, 0.25) is 0 Å². The minimum absolute atomic E-state index is 0.209. The van der Waals surface area contributed by atoms with E-state index in [0.29, 0.717) is 16.9 Å². The van der Waals surface area contributed by atoms with Crippen LogP contribution >= 0.6 is 27.5 Å². The van der Waals surface area contributed by atoms with Gasteiger partial charge in [-0.3, -0.25) is 4.79 Å². The highest BCUT2D eigenvalue weighted by molar-refractivity contribution is 9.10. The van der Waals surface area contributed by atoms with Gasteiger partial charge in [0.05, 0.1) is 25.5 Å². The van der Waals surface area contributed by atoms with E-state index in [1.807, 2.05) is 0 Å². The van der Waals surface area contributed by atoms with Gasteiger partial charge in [-0.15, -0.1) is 0 Å². The van der Waals surface area contributed by atoms with Crippen LogP contribution in [0.5, 0.6) is 11.5 Å². The number of esters is 1. The average Bonchev–Trinajstić information content (AvgIpc) is 2.66. The van der Waals surface area contributed by atoms with Crippen LogP contribution in [0.4, 0.5) is 0 Å². The summed E-state index contributed by atoms with van der Waals surface area (Å²) in [5.74, 6) is -0.378. The molecule has 0 unspecified atom stereocenters. The summed E-state index contributed by atoms with van der Waals surface area (Å²) in [6.07, 6.45) is 1.41. The molecule has 0 aliphatic carbocycles. The first kappa shape index (κ1) is 20.7. The fraction of sp³-hybridized carbons (Fsp3) is 0.167. The Labute approximate surface area is 169 Å². The van der Waals surface area contributed by atoms with Crippen LogP contribution in [0.3, 0.4) is 0 Å². The number of halogens is 2. The van der Waals surface area contributed by atoms with Crippen LogP contribution in [0.25, 0.3) is 0 Å². The van der Waals surface area contributed by atoms with E-state index in [0.717, 1.165) is 4.47 Å². The molecule has 7 nitrogen and oxygen atoms in total. The largest absolute Gasteiger partial charge is 0.493 e. The number of hydrogen-bond donors (Lipinski definition) is 1. The van der Waals surface area contributed by atoms with Crippen LogP contribution in [0.1, 0.15) is 15.9 Å². The molecule has 0 saturated carbocycles. The molecule has 0 spiro atoms. The van der Waals surface area contributed by atoms with Crippen LogP contribution in [0.15, 0.2) is 46.0 Å². The SMILES string of the molecule is COC(=O)COc1c(Cl)cc(/C=N\NC(=O)c2ccc(Br)cc2)cc1OC. The van der Waals surface area contributed by atoms with Gasteiger partial charge >= 0.3 is 5.97 Å². The maximum Gasteiger partial charge on any atom is 0.343 e. The minimum atomic E-state index is -0.547. The summed E-state index contributed by atoms with van der Waals surface area (Å²) in [5, 5.41) is 4.13. The van der Waals surface area contributed by atoms with Gasteiger partial charge in [-0.1, -0.05) is 27.5 Å². The van der Waals surface area contributed by atoms with Gasteiger partial charge in [0.25, 0.3) is 5.91 Å². The van der Waals surface area contributed by atoms with Crippen LogP contribution < -0.4 is 14.9 Å². The molecule has 1 N–H and O–H groups in total. The molecule has 1 amide bonds. The van der Waals surface area contributed by atoms with Gasteiger partial charge in [0.1, 0.15) is 0 Å². The lowest BCUT2D eigenvalue weighted by molar-refractivity contribution is -0.142. The Kier molecular flexibility index (Phi) is 7.63. The zero-order chi connectivity index (χ0) is 19.8. The lowest BCUT2D eigenvalue weighted by atomic mass is 10.2. The first-order chi connectivity index (χ1) is 12.9. The number of nitrogens with one attached hydrogen (secondary N) is 1. The van der Waals surface area contributed by atoms with Crippen molar-refractivity contribution in [2.75, 3.05) is 20.8 Å². The standard InChI is InChI=1S/C18H16BrClN2O5/c1-25-15-8-11(7-14(20)17(15)27-10-16(23)26-2)9-21-22-18(24)12-3-5-13(19)6-4-12/h3-9H,10H2,1-2H3,(H,22,24)/b21-9-. The molecule has 142 valence electrons. The van der Waals surface area contributed by atoms with Crippen molar-refractivity contribution < 1.29 is 23.8 Å². The second kappa shape index (κ2) is 9.94. The molecule has 0 fully saturated rings. The van der Waals surface area contributed by atoms with Gasteiger partial charge < -0.3 is 14.2 Å². The quantitative estimate of drug-likeness (QED) is 0.393. The second-order valence-corrected chi connectivity index (χ2v) is 6.43. The zero-order valence-electron chi connectivity index (χ0n) is 14.5. The molecule has 0 radical (unpaired) electrons. The lowest BCUT2D eigenvalue weighted by Crippen LogP contribution is -2.17. The number of benzene rings is 2. The monoisotopic (exact) mass is 454 g/mol. The molecular formula is C18H16BrClN2O5. The average molecular weight is 456 g/mol. The molecule has 27 heavy (non-hydrogen) atoms. The molecular weight excluding hydrogens is 440 g/mol. The Morgan fingerprint density at radius 3 is 2.56 bits per heavy atom. The molecule has 0 aromatic heterocycles. The maximum absolute atomic E-state index is 12.0. The van der Waals surface area contributed by atoms with Crippen molar-refractivity contribution >= 4 is 45.6 Å². The molecule has 0 aliphatic heterocycles. The molecule has 2 aromatic carbocycles. The highest BCUT2D eigenvalue weighted by Crippen LogP contribution is 2.36. The number of hydrazone groups is 1. The number of nitrogens with zero attached hydrogens (tertiary/aromatic N) is 1. The van der Waals surface area contributed by atoms with Gasteiger partial charge in [0.15, 0.2) is 18.1 Å². The van der Waals surface area contributed by atoms with E-state index >= 15 is 0 Å². The third-order valence-electron chi connectivity index (χ3n) is 3.30. The third kappa shape index (κ3) is 5.97. The fourth-order valence-electron chi connectivity index (χ4n) is 1.98. The van der Waals surface area contributed by atoms with Crippen LogP contribution in [0.2, 0.25) is 5.02 Å². The third-order valence-corrected chi connectivity index (χ3v) is 4.11. The molecule has 2 rings (SSSR count). The lowest BCUT2D eigenvalue weighted by Gasteiger charge is -2.12. The summed E-state index contributed by atoms with van der Waals surface area (Å²) < 4.78 is 15.9. The normalized spacial score (nSPS) is 10.5. The fourth-order valence-corrected chi connectivity index (χ4v) is 2.51. The highest BCUT2D eigenvalue weighted by Gasteiger charge is 2.13. The molecule has 0 atom stereocenters.